The van der Waals surface area contributed by atoms with Crippen LogP contribution in [0, 0.1) is 6.92 Å². The number of aromatic nitrogens is 5. The third kappa shape index (κ3) is 3.00. The van der Waals surface area contributed by atoms with Gasteiger partial charge in [-0.15, -0.1) is 5.10 Å². The Morgan fingerprint density at radius 2 is 2.28 bits per heavy atom. The van der Waals surface area contributed by atoms with Gasteiger partial charge in [-0.25, -0.2) is 4.79 Å². The average Bonchev–Trinajstić information content (AvgIpc) is 2.82. The first-order valence-corrected chi connectivity index (χ1v) is 5.38. The summed E-state index contributed by atoms with van der Waals surface area (Å²) in [6, 6.07) is 3.25. The highest BCUT2D eigenvalue weighted by Gasteiger charge is 2.11. The van der Waals surface area contributed by atoms with Gasteiger partial charge in [-0.3, -0.25) is 10.3 Å². The molecule has 0 unspecified atom stereocenters. The first kappa shape index (κ1) is 12.0. The summed E-state index contributed by atoms with van der Waals surface area (Å²) in [5.41, 5.74) is 1.85. The first-order valence-electron chi connectivity index (χ1n) is 5.38. The van der Waals surface area contributed by atoms with E-state index >= 15 is 0 Å². The van der Waals surface area contributed by atoms with E-state index in [1.807, 2.05) is 26.0 Å². The van der Waals surface area contributed by atoms with Crippen LogP contribution in [-0.2, 0) is 0 Å². The summed E-state index contributed by atoms with van der Waals surface area (Å²) in [5.74, 6) is 0.127. The van der Waals surface area contributed by atoms with Gasteiger partial charge in [0.25, 0.3) is 5.95 Å². The van der Waals surface area contributed by atoms with Crippen molar-refractivity contribution in [2.45, 2.75) is 19.9 Å². The molecular weight excluding hydrogens is 234 g/mol. The second-order valence-electron chi connectivity index (χ2n) is 3.79. The van der Waals surface area contributed by atoms with E-state index in [2.05, 4.69) is 36.2 Å². The smallest absolute Gasteiger partial charge is 0.322 e. The number of hydrogen-bond acceptors (Lipinski definition) is 5. The number of pyridine rings is 1. The van der Waals surface area contributed by atoms with Crippen LogP contribution in [0.1, 0.15) is 24.2 Å². The number of nitrogens with one attached hydrogen (secondary N) is 3. The Kier molecular flexibility index (Phi) is 3.46. The second-order valence-corrected chi connectivity index (χ2v) is 3.79. The van der Waals surface area contributed by atoms with Crippen molar-refractivity contribution in [3.63, 3.8) is 0 Å². The highest BCUT2D eigenvalue weighted by atomic mass is 16.2. The van der Waals surface area contributed by atoms with Crippen LogP contribution in [0.2, 0.25) is 0 Å². The number of tetrazole rings is 1. The third-order valence-corrected chi connectivity index (χ3v) is 2.35. The summed E-state index contributed by atoms with van der Waals surface area (Å²) < 4.78 is 0. The van der Waals surface area contributed by atoms with Gasteiger partial charge in [0.1, 0.15) is 0 Å². The zero-order valence-electron chi connectivity index (χ0n) is 10.0. The molecule has 2 aromatic rings. The molecule has 1 atom stereocenters. The summed E-state index contributed by atoms with van der Waals surface area (Å²) in [6.07, 6.45) is 1.73. The maximum Gasteiger partial charge on any atom is 0.322 e. The molecule has 0 aromatic carbocycles. The van der Waals surface area contributed by atoms with Crippen molar-refractivity contribution in [3.8, 4) is 0 Å². The van der Waals surface area contributed by atoms with Crippen LogP contribution in [0.3, 0.4) is 0 Å². The van der Waals surface area contributed by atoms with Crippen LogP contribution in [0.25, 0.3) is 0 Å². The maximum absolute atomic E-state index is 11.6. The van der Waals surface area contributed by atoms with Crippen molar-refractivity contribution in [2.75, 3.05) is 5.32 Å². The molecule has 94 valence electrons. The minimum atomic E-state index is -0.399. The monoisotopic (exact) mass is 247 g/mol. The molecule has 0 spiro atoms. The number of nitrogens with zero attached hydrogens (tertiary/aromatic N) is 4. The molecule has 3 N–H and O–H groups in total. The number of aryl methyl sites for hydroxylation is 1. The quantitative estimate of drug-likeness (QED) is 0.742. The van der Waals surface area contributed by atoms with Crippen molar-refractivity contribution in [2.24, 2.45) is 0 Å². The van der Waals surface area contributed by atoms with Gasteiger partial charge >= 0.3 is 6.03 Å². The van der Waals surface area contributed by atoms with E-state index in [9.17, 15) is 4.79 Å². The fourth-order valence-corrected chi connectivity index (χ4v) is 1.37. The minimum Gasteiger partial charge on any atom is -0.331 e. The molecule has 0 saturated carbocycles. The van der Waals surface area contributed by atoms with Crippen LogP contribution >= 0.6 is 0 Å². The maximum atomic E-state index is 11.6. The second kappa shape index (κ2) is 5.21. The molecular formula is C10H13N7O. The number of anilines is 1. The number of carbonyl (C=O) groups excluding carboxylic acids is 1. The minimum absolute atomic E-state index is 0.127. The number of amides is 2. The molecule has 0 fully saturated rings. The lowest BCUT2D eigenvalue weighted by molar-refractivity contribution is 0.249. The molecule has 0 aliphatic rings. The average molecular weight is 247 g/mol. The predicted molar refractivity (Wildman–Crippen MR) is 63.7 cm³/mol. The van der Waals surface area contributed by atoms with Gasteiger partial charge in [0.05, 0.1) is 6.04 Å². The van der Waals surface area contributed by atoms with Gasteiger partial charge < -0.3 is 5.32 Å². The normalized spacial score (nSPS) is 11.9. The molecule has 18 heavy (non-hydrogen) atoms. The molecule has 2 amide bonds. The molecule has 2 aromatic heterocycles. The number of urea groups is 1. The number of carbonyl (C=O) groups is 1. The van der Waals surface area contributed by atoms with Crippen LogP contribution in [0.5, 0.6) is 0 Å². The molecule has 8 nitrogen and oxygen atoms in total. The Bertz CT molecular complexity index is 508. The molecule has 2 rings (SSSR count). The topological polar surface area (TPSA) is 108 Å². The van der Waals surface area contributed by atoms with E-state index in [1.54, 1.807) is 6.20 Å². The Labute approximate surface area is 103 Å². The molecule has 2 heterocycles. The fraction of sp³-hybridized carbons (Fsp3) is 0.300. The number of rotatable bonds is 3. The molecule has 0 aliphatic carbocycles. The molecule has 8 heteroatoms. The molecule has 0 radical (unpaired) electrons. The highest BCUT2D eigenvalue weighted by Crippen LogP contribution is 2.11. The van der Waals surface area contributed by atoms with Crippen LogP contribution < -0.4 is 10.6 Å². The van der Waals surface area contributed by atoms with E-state index in [4.69, 9.17) is 0 Å². The molecule has 0 saturated heterocycles. The standard InChI is InChI=1S/C10H13N7O/c1-6-3-4-8(5-11-6)7(2)12-10(18)13-9-14-16-17-15-9/h3-5,7H,1-2H3,(H3,12,13,14,15,16,17,18)/t7-/m1/s1. The van der Waals surface area contributed by atoms with Crippen molar-refractivity contribution < 1.29 is 4.79 Å². The van der Waals surface area contributed by atoms with Crippen LogP contribution in [0.4, 0.5) is 10.7 Å². The van der Waals surface area contributed by atoms with Crippen molar-refractivity contribution >= 4 is 12.0 Å². The van der Waals surface area contributed by atoms with E-state index in [-0.39, 0.29) is 12.0 Å². The number of H-pyrrole nitrogens is 1. The van der Waals surface area contributed by atoms with Gasteiger partial charge in [-0.05, 0) is 30.7 Å². The molecule has 0 aliphatic heterocycles. The number of aromatic amines is 1. The van der Waals surface area contributed by atoms with Crippen LogP contribution in [0.15, 0.2) is 18.3 Å². The number of hydrogen-bond donors (Lipinski definition) is 3. The van der Waals surface area contributed by atoms with Gasteiger partial charge in [0, 0.05) is 11.9 Å². The first-order chi connectivity index (χ1) is 8.65. The Hall–Kier alpha value is -2.51. The van der Waals surface area contributed by atoms with Gasteiger partial charge in [0.2, 0.25) is 0 Å². The lowest BCUT2D eigenvalue weighted by Gasteiger charge is -2.13. The van der Waals surface area contributed by atoms with Crippen molar-refractivity contribution in [1.82, 2.24) is 30.9 Å². The van der Waals surface area contributed by atoms with Crippen molar-refractivity contribution in [1.29, 1.82) is 0 Å². The van der Waals surface area contributed by atoms with E-state index < -0.39 is 6.03 Å². The van der Waals surface area contributed by atoms with Gasteiger partial charge in [-0.1, -0.05) is 11.2 Å². The summed E-state index contributed by atoms with van der Waals surface area (Å²) in [5, 5.41) is 18.0. The molecule has 0 bridgehead atoms. The van der Waals surface area contributed by atoms with E-state index in [0.717, 1.165) is 11.3 Å². The zero-order chi connectivity index (χ0) is 13.0. The summed E-state index contributed by atoms with van der Waals surface area (Å²) in [6.45, 7) is 3.77. The van der Waals surface area contributed by atoms with Crippen molar-refractivity contribution in [3.05, 3.63) is 29.6 Å². The van der Waals surface area contributed by atoms with E-state index in [1.165, 1.54) is 0 Å². The van der Waals surface area contributed by atoms with Gasteiger partial charge in [-0.2, -0.15) is 5.21 Å². The summed E-state index contributed by atoms with van der Waals surface area (Å²) >= 11 is 0. The van der Waals surface area contributed by atoms with Gasteiger partial charge in [0.15, 0.2) is 0 Å². The third-order valence-electron chi connectivity index (χ3n) is 2.35. The Morgan fingerprint density at radius 1 is 1.44 bits per heavy atom. The lowest BCUT2D eigenvalue weighted by Crippen LogP contribution is -2.31. The largest absolute Gasteiger partial charge is 0.331 e. The Balaban J connectivity index is 1.92. The predicted octanol–water partition coefficient (Wildman–Crippen LogP) is 0.786. The zero-order valence-corrected chi connectivity index (χ0v) is 10.0. The summed E-state index contributed by atoms with van der Waals surface area (Å²) in [4.78, 5) is 15.8. The van der Waals surface area contributed by atoms with E-state index in [0.29, 0.717) is 0 Å². The van der Waals surface area contributed by atoms with Crippen LogP contribution in [-0.4, -0.2) is 31.6 Å². The Morgan fingerprint density at radius 3 is 2.89 bits per heavy atom. The summed E-state index contributed by atoms with van der Waals surface area (Å²) in [7, 11) is 0. The fourth-order valence-electron chi connectivity index (χ4n) is 1.37. The SMILES string of the molecule is Cc1ccc([C@@H](C)NC(=O)Nc2nn[nH]n2)cn1. The lowest BCUT2D eigenvalue weighted by atomic mass is 10.1. The highest BCUT2D eigenvalue weighted by molar-refractivity contribution is 5.87.